The number of hydrogen-bond acceptors (Lipinski definition) is 13. The number of nitrogens with zero attached hydrogens (tertiary/aromatic N) is 3. The summed E-state index contributed by atoms with van der Waals surface area (Å²) in [6.45, 7) is 4.18. The minimum Gasteiger partial charge on any atom is -0.463 e. The summed E-state index contributed by atoms with van der Waals surface area (Å²) in [5.74, 6) is -2.88. The summed E-state index contributed by atoms with van der Waals surface area (Å²) in [6, 6.07) is 0. The van der Waals surface area contributed by atoms with E-state index in [4.69, 9.17) is 23.7 Å². The van der Waals surface area contributed by atoms with Crippen molar-refractivity contribution in [3.05, 3.63) is 16.7 Å². The minimum atomic E-state index is -1.36. The quantitative estimate of drug-likeness (QED) is 0.229. The van der Waals surface area contributed by atoms with Crippen LogP contribution in [0.1, 0.15) is 33.9 Å². The van der Waals surface area contributed by atoms with Gasteiger partial charge >= 0.3 is 23.9 Å². The molecular weight excluding hydrogens is 488 g/mol. The van der Waals surface area contributed by atoms with Gasteiger partial charge in [-0.25, -0.2) is 9.97 Å². The lowest BCUT2D eigenvalue weighted by atomic mass is 9.97. The van der Waals surface area contributed by atoms with Crippen LogP contribution in [-0.4, -0.2) is 80.7 Å². The maximum absolute atomic E-state index is 12.4. The molecule has 35 heavy (non-hydrogen) atoms. The predicted molar refractivity (Wildman–Crippen MR) is 117 cm³/mol. The summed E-state index contributed by atoms with van der Waals surface area (Å²) in [6.07, 6.45) is -3.47. The lowest BCUT2D eigenvalue weighted by Gasteiger charge is -2.44. The predicted octanol–water partition coefficient (Wildman–Crippen LogP) is 0.0971. The number of ether oxygens (including phenoxy) is 5. The third kappa shape index (κ3) is 5.97. The average molecular weight is 512 g/mol. The molecule has 0 unspecified atom stereocenters. The van der Waals surface area contributed by atoms with Gasteiger partial charge in [-0.15, -0.1) is 0 Å². The molecule has 0 bridgehead atoms. The van der Waals surface area contributed by atoms with Gasteiger partial charge in [0, 0.05) is 27.7 Å². The number of aromatic nitrogens is 4. The molecule has 3 heterocycles. The molecule has 1 fully saturated rings. The molecule has 3 rings (SSSR count). The molecular formula is C20H24N4O10S. The van der Waals surface area contributed by atoms with Crippen molar-refractivity contribution in [3.8, 4) is 0 Å². The Morgan fingerprint density at radius 1 is 1.00 bits per heavy atom. The van der Waals surface area contributed by atoms with Crippen LogP contribution < -0.4 is 5.56 Å². The molecule has 2 aromatic rings. The van der Waals surface area contributed by atoms with Gasteiger partial charge in [0.05, 0.1) is 6.33 Å². The topological polar surface area (TPSA) is 178 Å². The highest BCUT2D eigenvalue weighted by molar-refractivity contribution is 7.98. The van der Waals surface area contributed by atoms with E-state index in [1.807, 2.05) is 0 Å². The molecule has 14 nitrogen and oxygen atoms in total. The number of esters is 4. The lowest BCUT2D eigenvalue weighted by molar-refractivity contribution is -0.267. The zero-order valence-electron chi connectivity index (χ0n) is 19.5. The first-order valence-electron chi connectivity index (χ1n) is 10.3. The number of H-pyrrole nitrogens is 1. The molecule has 1 saturated heterocycles. The van der Waals surface area contributed by atoms with Crippen LogP contribution in [0.15, 0.2) is 16.3 Å². The van der Waals surface area contributed by atoms with Crippen molar-refractivity contribution >= 4 is 46.8 Å². The number of thioether (sulfide) groups is 1. The van der Waals surface area contributed by atoms with Crippen LogP contribution in [0.25, 0.3) is 11.2 Å². The van der Waals surface area contributed by atoms with E-state index in [2.05, 4.69) is 15.0 Å². The van der Waals surface area contributed by atoms with Crippen LogP contribution in [0.2, 0.25) is 0 Å². The van der Waals surface area contributed by atoms with E-state index in [0.29, 0.717) is 0 Å². The smallest absolute Gasteiger partial charge is 0.303 e. The number of carbonyl (C=O) groups excluding carboxylic acids is 4. The normalized spacial score (nSPS) is 24.0. The molecule has 5 atom stereocenters. The molecule has 0 spiro atoms. The number of imidazole rings is 1. The second-order valence-corrected chi connectivity index (χ2v) is 8.28. The van der Waals surface area contributed by atoms with Crippen molar-refractivity contribution < 1.29 is 42.9 Å². The highest BCUT2D eigenvalue weighted by atomic mass is 32.2. The zero-order valence-corrected chi connectivity index (χ0v) is 20.3. The molecule has 1 aliphatic heterocycles. The average Bonchev–Trinajstić information content (AvgIpc) is 3.18. The largest absolute Gasteiger partial charge is 0.463 e. The van der Waals surface area contributed by atoms with E-state index in [-0.39, 0.29) is 22.9 Å². The van der Waals surface area contributed by atoms with Crippen molar-refractivity contribution in [2.24, 2.45) is 0 Å². The number of hydrogen-bond donors (Lipinski definition) is 1. The molecule has 0 amide bonds. The van der Waals surface area contributed by atoms with Gasteiger partial charge < -0.3 is 23.7 Å². The zero-order chi connectivity index (χ0) is 25.9. The maximum atomic E-state index is 12.4. The first-order valence-corrected chi connectivity index (χ1v) is 11.6. The van der Waals surface area contributed by atoms with E-state index >= 15 is 0 Å². The fourth-order valence-electron chi connectivity index (χ4n) is 3.62. The summed E-state index contributed by atoms with van der Waals surface area (Å²) in [5.41, 5.74) is -0.432. The van der Waals surface area contributed by atoms with Gasteiger partial charge in [0.15, 0.2) is 40.9 Å². The van der Waals surface area contributed by atoms with Crippen LogP contribution in [0.4, 0.5) is 0 Å². The van der Waals surface area contributed by atoms with Gasteiger partial charge in [0.25, 0.3) is 5.56 Å². The molecule has 0 aliphatic carbocycles. The Balaban J connectivity index is 2.18. The Bertz CT molecular complexity index is 1190. The summed E-state index contributed by atoms with van der Waals surface area (Å²) >= 11 is 1.18. The van der Waals surface area contributed by atoms with E-state index in [1.165, 1.54) is 29.6 Å². The molecule has 0 saturated carbocycles. The molecule has 190 valence electrons. The molecule has 0 aromatic carbocycles. The highest BCUT2D eigenvalue weighted by Gasteiger charge is 2.53. The fourth-order valence-corrected chi connectivity index (χ4v) is 3.99. The van der Waals surface area contributed by atoms with Crippen LogP contribution in [-0.2, 0) is 42.9 Å². The summed E-state index contributed by atoms with van der Waals surface area (Å²) in [7, 11) is 0. The third-order valence-electron chi connectivity index (χ3n) is 4.84. The van der Waals surface area contributed by atoms with Gasteiger partial charge in [0.2, 0.25) is 0 Å². The van der Waals surface area contributed by atoms with E-state index in [1.54, 1.807) is 6.26 Å². The maximum Gasteiger partial charge on any atom is 0.303 e. The monoisotopic (exact) mass is 512 g/mol. The van der Waals surface area contributed by atoms with E-state index in [9.17, 15) is 24.0 Å². The minimum absolute atomic E-state index is 0.0179. The Morgan fingerprint density at radius 3 is 2.17 bits per heavy atom. The lowest BCUT2D eigenvalue weighted by Crippen LogP contribution is -2.60. The van der Waals surface area contributed by atoms with Gasteiger partial charge in [-0.3, -0.25) is 33.5 Å². The first-order chi connectivity index (χ1) is 16.5. The van der Waals surface area contributed by atoms with E-state index < -0.39 is 60.1 Å². The van der Waals surface area contributed by atoms with Gasteiger partial charge in [-0.2, -0.15) is 0 Å². The summed E-state index contributed by atoms with van der Waals surface area (Å²) in [5, 5.41) is 0.287. The Labute approximate surface area is 202 Å². The SMILES string of the molecule is CSc1nc2c(ncn2[C@@H]2O[C@H](COC(C)=O)[C@@H](OC(C)=O)[C@H](OC(C)=O)[C@H]2OC(C)=O)c(=O)[nH]1. The Hall–Kier alpha value is -3.46. The van der Waals surface area contributed by atoms with Crippen LogP contribution in [0.3, 0.4) is 0 Å². The van der Waals surface area contributed by atoms with Gasteiger partial charge in [0.1, 0.15) is 12.7 Å². The molecule has 2 aromatic heterocycles. The van der Waals surface area contributed by atoms with Crippen molar-refractivity contribution in [1.29, 1.82) is 0 Å². The standard InChI is InChI=1S/C20H24N4O10S/c1-8(25)30-6-12-14(31-9(2)26)15(32-10(3)27)16(33-11(4)28)19(34-12)24-7-21-13-17(24)22-20(35-5)23-18(13)29/h7,12,14-16,19H,6H2,1-5H3,(H,22,23,29)/t12-,14-,15+,16-,19-/m1/s1. The van der Waals surface area contributed by atoms with E-state index in [0.717, 1.165) is 20.8 Å². The molecule has 1 aliphatic rings. The highest BCUT2D eigenvalue weighted by Crippen LogP contribution is 2.35. The molecule has 0 radical (unpaired) electrons. The van der Waals surface area contributed by atoms with Crippen molar-refractivity contribution in [3.63, 3.8) is 0 Å². The van der Waals surface area contributed by atoms with Crippen molar-refractivity contribution in [2.75, 3.05) is 12.9 Å². The number of carbonyl (C=O) groups is 4. The second kappa shape index (κ2) is 10.9. The van der Waals surface area contributed by atoms with Crippen LogP contribution in [0.5, 0.6) is 0 Å². The van der Waals surface area contributed by atoms with Gasteiger partial charge in [-0.1, -0.05) is 11.8 Å². The van der Waals surface area contributed by atoms with Crippen LogP contribution in [0, 0.1) is 0 Å². The second-order valence-electron chi connectivity index (χ2n) is 7.49. The first kappa shape index (κ1) is 26.2. The number of rotatable bonds is 7. The fraction of sp³-hybridized carbons (Fsp3) is 0.550. The summed E-state index contributed by atoms with van der Waals surface area (Å²) < 4.78 is 28.7. The Morgan fingerprint density at radius 2 is 1.60 bits per heavy atom. The third-order valence-corrected chi connectivity index (χ3v) is 5.42. The molecule has 15 heteroatoms. The van der Waals surface area contributed by atoms with Crippen molar-refractivity contribution in [1.82, 2.24) is 19.5 Å². The van der Waals surface area contributed by atoms with Crippen molar-refractivity contribution in [2.45, 2.75) is 63.5 Å². The van der Waals surface area contributed by atoms with Crippen LogP contribution >= 0.6 is 11.8 Å². The number of fused-ring (bicyclic) bond motifs is 1. The summed E-state index contributed by atoms with van der Waals surface area (Å²) in [4.78, 5) is 70.8. The number of nitrogens with one attached hydrogen (secondary N) is 1. The van der Waals surface area contributed by atoms with Gasteiger partial charge in [-0.05, 0) is 6.26 Å². The number of aromatic amines is 1. The Kier molecular flexibility index (Phi) is 8.11. The molecule has 1 N–H and O–H groups in total.